The molecule has 5 nitrogen and oxygen atoms in total. The van der Waals surface area contributed by atoms with Gasteiger partial charge in [-0.1, -0.05) is 17.7 Å². The number of rotatable bonds is 8. The zero-order valence-electron chi connectivity index (χ0n) is 13.7. The number of carbonyl (C=O) groups excluding carboxylic acids is 2. The van der Waals surface area contributed by atoms with Crippen LogP contribution in [0, 0.1) is 5.92 Å². The molecule has 1 aliphatic carbocycles. The van der Waals surface area contributed by atoms with Crippen LogP contribution in [0.1, 0.15) is 28.1 Å². The highest BCUT2D eigenvalue weighted by atomic mass is 35.5. The number of nitrogens with one attached hydrogen (secondary N) is 3. The van der Waals surface area contributed by atoms with Crippen molar-refractivity contribution in [1.82, 2.24) is 10.6 Å². The molecule has 1 saturated carbocycles. The van der Waals surface area contributed by atoms with E-state index in [4.69, 9.17) is 11.6 Å². The van der Waals surface area contributed by atoms with Crippen LogP contribution in [-0.2, 0) is 11.3 Å². The van der Waals surface area contributed by atoms with Gasteiger partial charge in [0.1, 0.15) is 0 Å². The summed E-state index contributed by atoms with van der Waals surface area (Å²) in [5.41, 5.74) is 0.908. The molecule has 1 aromatic carbocycles. The smallest absolute Gasteiger partial charge is 0.253 e. The van der Waals surface area contributed by atoms with Crippen LogP contribution in [0.3, 0.4) is 0 Å². The van der Waals surface area contributed by atoms with Crippen LogP contribution >= 0.6 is 22.9 Å². The number of thiophene rings is 1. The lowest BCUT2D eigenvalue weighted by Gasteiger charge is -2.10. The molecule has 0 atom stereocenters. The zero-order valence-corrected chi connectivity index (χ0v) is 15.3. The summed E-state index contributed by atoms with van der Waals surface area (Å²) in [6, 6.07) is 8.81. The van der Waals surface area contributed by atoms with E-state index in [0.717, 1.165) is 17.3 Å². The molecule has 2 aromatic rings. The number of hydrogen-bond donors (Lipinski definition) is 3. The van der Waals surface area contributed by atoms with Crippen LogP contribution < -0.4 is 16.0 Å². The third-order valence-corrected chi connectivity index (χ3v) is 5.12. The highest BCUT2D eigenvalue weighted by molar-refractivity contribution is 7.09. The molecule has 132 valence electrons. The van der Waals surface area contributed by atoms with Gasteiger partial charge in [0.2, 0.25) is 5.91 Å². The zero-order chi connectivity index (χ0) is 17.6. The maximum absolute atomic E-state index is 12.3. The van der Waals surface area contributed by atoms with Crippen molar-refractivity contribution >= 4 is 40.4 Å². The summed E-state index contributed by atoms with van der Waals surface area (Å²) in [4.78, 5) is 25.4. The monoisotopic (exact) mass is 377 g/mol. The van der Waals surface area contributed by atoms with Gasteiger partial charge in [-0.15, -0.1) is 11.3 Å². The summed E-state index contributed by atoms with van der Waals surface area (Å²) >= 11 is 7.71. The first kappa shape index (κ1) is 17.9. The van der Waals surface area contributed by atoms with Gasteiger partial charge in [-0.3, -0.25) is 9.59 Å². The summed E-state index contributed by atoms with van der Waals surface area (Å²) in [6.45, 7) is 1.60. The lowest BCUT2D eigenvalue weighted by atomic mass is 10.2. The molecule has 25 heavy (non-hydrogen) atoms. The van der Waals surface area contributed by atoms with E-state index in [1.807, 2.05) is 17.5 Å². The van der Waals surface area contributed by atoms with Crippen LogP contribution in [0.25, 0.3) is 0 Å². The van der Waals surface area contributed by atoms with Crippen molar-refractivity contribution in [2.45, 2.75) is 19.4 Å². The number of amides is 2. The van der Waals surface area contributed by atoms with Gasteiger partial charge in [0.25, 0.3) is 5.91 Å². The van der Waals surface area contributed by atoms with Gasteiger partial charge < -0.3 is 16.0 Å². The Morgan fingerprint density at radius 3 is 2.80 bits per heavy atom. The molecule has 0 bridgehead atoms. The van der Waals surface area contributed by atoms with Crippen molar-refractivity contribution in [2.75, 3.05) is 18.4 Å². The minimum absolute atomic E-state index is 0.132. The molecule has 1 heterocycles. The molecular weight excluding hydrogens is 358 g/mol. The second-order valence-electron chi connectivity index (χ2n) is 6.08. The molecule has 3 rings (SSSR count). The van der Waals surface area contributed by atoms with E-state index >= 15 is 0 Å². The molecule has 0 saturated heterocycles. The van der Waals surface area contributed by atoms with E-state index in [2.05, 4.69) is 16.0 Å². The fourth-order valence-electron chi connectivity index (χ4n) is 2.37. The number of hydrogen-bond acceptors (Lipinski definition) is 4. The largest absolute Gasteiger partial charge is 0.347 e. The van der Waals surface area contributed by atoms with Gasteiger partial charge in [-0.25, -0.2) is 0 Å². The van der Waals surface area contributed by atoms with Crippen LogP contribution in [0.4, 0.5) is 5.69 Å². The average Bonchev–Trinajstić information content (AvgIpc) is 3.27. The maximum atomic E-state index is 12.3. The lowest BCUT2D eigenvalue weighted by molar-refractivity contribution is -0.115. The highest BCUT2D eigenvalue weighted by Crippen LogP contribution is 2.27. The molecule has 0 radical (unpaired) electrons. The molecule has 7 heteroatoms. The first-order valence-electron chi connectivity index (χ1n) is 8.22. The van der Waals surface area contributed by atoms with Gasteiger partial charge in [-0.2, -0.15) is 0 Å². The molecule has 0 aliphatic heterocycles. The van der Waals surface area contributed by atoms with Gasteiger partial charge in [0.05, 0.1) is 23.7 Å². The van der Waals surface area contributed by atoms with Crippen molar-refractivity contribution in [3.05, 3.63) is 51.2 Å². The van der Waals surface area contributed by atoms with Crippen molar-refractivity contribution in [1.29, 1.82) is 0 Å². The standard InChI is InChI=1S/C18H20ClN3O2S/c19-16-6-5-13(22-17(23)11-20-9-12-3-4-12)8-15(16)18(24)21-10-14-2-1-7-25-14/h1-2,5-8,12,20H,3-4,9-11H2,(H,21,24)(H,22,23). The van der Waals surface area contributed by atoms with E-state index in [1.54, 1.807) is 29.5 Å². The fraction of sp³-hybridized carbons (Fsp3) is 0.333. The topological polar surface area (TPSA) is 70.2 Å². The Labute approximate surface area is 155 Å². The minimum Gasteiger partial charge on any atom is -0.347 e. The summed E-state index contributed by atoms with van der Waals surface area (Å²) in [6.07, 6.45) is 2.49. The number of anilines is 1. The van der Waals surface area contributed by atoms with E-state index in [-0.39, 0.29) is 18.4 Å². The van der Waals surface area contributed by atoms with E-state index in [0.29, 0.717) is 22.8 Å². The highest BCUT2D eigenvalue weighted by Gasteiger charge is 2.20. The summed E-state index contributed by atoms with van der Waals surface area (Å²) < 4.78 is 0. The molecule has 1 fully saturated rings. The molecule has 1 aliphatic rings. The predicted molar refractivity (Wildman–Crippen MR) is 101 cm³/mol. The van der Waals surface area contributed by atoms with Crippen molar-refractivity contribution < 1.29 is 9.59 Å². The Bertz CT molecular complexity index is 745. The number of benzene rings is 1. The lowest BCUT2D eigenvalue weighted by Crippen LogP contribution is -2.29. The first-order chi connectivity index (χ1) is 12.1. The quantitative estimate of drug-likeness (QED) is 0.661. The Balaban J connectivity index is 1.55. The van der Waals surface area contributed by atoms with Crippen molar-refractivity contribution in [3.8, 4) is 0 Å². The Morgan fingerprint density at radius 2 is 2.08 bits per heavy atom. The van der Waals surface area contributed by atoms with Crippen molar-refractivity contribution in [3.63, 3.8) is 0 Å². The normalized spacial score (nSPS) is 13.5. The van der Waals surface area contributed by atoms with Gasteiger partial charge >= 0.3 is 0 Å². The van der Waals surface area contributed by atoms with Crippen LogP contribution in [0.5, 0.6) is 0 Å². The van der Waals surface area contributed by atoms with Crippen LogP contribution in [-0.4, -0.2) is 24.9 Å². The third kappa shape index (κ3) is 5.56. The molecular formula is C18H20ClN3O2S. The molecule has 3 N–H and O–H groups in total. The summed E-state index contributed by atoms with van der Waals surface area (Å²) in [5.74, 6) is 0.330. The second kappa shape index (κ2) is 8.47. The SMILES string of the molecule is O=C(CNCC1CC1)Nc1ccc(Cl)c(C(=O)NCc2cccs2)c1. The Kier molecular flexibility index (Phi) is 6.07. The van der Waals surface area contributed by atoms with E-state index in [1.165, 1.54) is 12.8 Å². The predicted octanol–water partition coefficient (Wildman–Crippen LogP) is 3.27. The molecule has 1 aromatic heterocycles. The summed E-state index contributed by atoms with van der Waals surface area (Å²) in [7, 11) is 0. The second-order valence-corrected chi connectivity index (χ2v) is 7.52. The molecule has 0 spiro atoms. The molecule has 0 unspecified atom stereocenters. The first-order valence-corrected chi connectivity index (χ1v) is 9.48. The van der Waals surface area contributed by atoms with Crippen molar-refractivity contribution in [2.24, 2.45) is 5.92 Å². The fourth-order valence-corrected chi connectivity index (χ4v) is 3.22. The van der Waals surface area contributed by atoms with Gasteiger partial charge in [0.15, 0.2) is 0 Å². The third-order valence-electron chi connectivity index (χ3n) is 3.91. The van der Waals surface area contributed by atoms with Crippen LogP contribution in [0.2, 0.25) is 5.02 Å². The van der Waals surface area contributed by atoms with Crippen LogP contribution in [0.15, 0.2) is 35.7 Å². The van der Waals surface area contributed by atoms with E-state index in [9.17, 15) is 9.59 Å². The Morgan fingerprint density at radius 1 is 1.24 bits per heavy atom. The average molecular weight is 378 g/mol. The Hall–Kier alpha value is -1.89. The number of halogens is 1. The van der Waals surface area contributed by atoms with E-state index < -0.39 is 0 Å². The number of carbonyl (C=O) groups is 2. The maximum Gasteiger partial charge on any atom is 0.253 e. The van der Waals surface area contributed by atoms with Gasteiger partial charge in [0, 0.05) is 10.6 Å². The summed E-state index contributed by atoms with van der Waals surface area (Å²) in [5, 5.41) is 11.1. The minimum atomic E-state index is -0.263. The molecule has 2 amide bonds. The van der Waals surface area contributed by atoms with Gasteiger partial charge in [-0.05, 0) is 54.9 Å².